The minimum atomic E-state index is -0.347. The van der Waals surface area contributed by atoms with E-state index < -0.39 is 0 Å². The maximum absolute atomic E-state index is 13.6. The normalized spacial score (nSPS) is 22.3. The number of Topliss-reactive ketones (excluding diaryl/α,β-unsaturated/α-hetero) is 2. The summed E-state index contributed by atoms with van der Waals surface area (Å²) in [6, 6.07) is 5.50. The summed E-state index contributed by atoms with van der Waals surface area (Å²) in [4.78, 5) is 49.6. The van der Waals surface area contributed by atoms with Gasteiger partial charge in [-0.2, -0.15) is 5.10 Å². The standard InChI is InChI=1S/C29H35N5O3/c1-5-6-7-8-9-25(36)24-13-29(4)14-26(29)34(24)27(37)17-33-23-11-10-20(21-15-30-19(3)31-16-21)12-22(23)28(32-33)18(2)35/h10-12,15-16,24,26H,5-9,13-14,17H2,1-4H3/t24-,26+,29-/m0/s1. The van der Waals surface area contributed by atoms with Crippen LogP contribution in [0.15, 0.2) is 30.6 Å². The molecule has 0 spiro atoms. The Morgan fingerprint density at radius 2 is 1.81 bits per heavy atom. The Morgan fingerprint density at radius 3 is 2.51 bits per heavy atom. The summed E-state index contributed by atoms with van der Waals surface area (Å²) in [7, 11) is 0. The van der Waals surface area contributed by atoms with Crippen molar-refractivity contribution in [3.8, 4) is 11.1 Å². The smallest absolute Gasteiger partial charge is 0.245 e. The summed E-state index contributed by atoms with van der Waals surface area (Å²) in [5.41, 5.74) is 2.81. The molecule has 3 heterocycles. The van der Waals surface area contributed by atoms with E-state index in [0.717, 1.165) is 55.2 Å². The van der Waals surface area contributed by atoms with Gasteiger partial charge in [-0.3, -0.25) is 19.1 Å². The number of nitrogens with zero attached hydrogens (tertiary/aromatic N) is 5. The number of aryl methyl sites for hydroxylation is 1. The average Bonchev–Trinajstić information content (AvgIpc) is 3.24. The highest BCUT2D eigenvalue weighted by molar-refractivity contribution is 6.06. The van der Waals surface area contributed by atoms with E-state index in [2.05, 4.69) is 28.9 Å². The molecule has 1 saturated carbocycles. The maximum Gasteiger partial charge on any atom is 0.245 e. The number of piperidine rings is 1. The van der Waals surface area contributed by atoms with Crippen LogP contribution in [-0.4, -0.2) is 54.2 Å². The van der Waals surface area contributed by atoms with Crippen LogP contribution in [0.3, 0.4) is 0 Å². The number of ketones is 2. The Labute approximate surface area is 217 Å². The average molecular weight is 502 g/mol. The number of aromatic nitrogens is 4. The van der Waals surface area contributed by atoms with Crippen LogP contribution in [0.1, 0.15) is 82.0 Å². The number of rotatable bonds is 10. The molecule has 0 bridgehead atoms. The second-order valence-electron chi connectivity index (χ2n) is 11.0. The van der Waals surface area contributed by atoms with Crippen molar-refractivity contribution < 1.29 is 14.4 Å². The summed E-state index contributed by atoms with van der Waals surface area (Å²) in [6.45, 7) is 7.65. The highest BCUT2D eigenvalue weighted by atomic mass is 16.2. The first-order chi connectivity index (χ1) is 17.7. The largest absolute Gasteiger partial charge is 0.327 e. The molecule has 3 aromatic rings. The van der Waals surface area contributed by atoms with Crippen LogP contribution in [0.25, 0.3) is 22.0 Å². The fourth-order valence-corrected chi connectivity index (χ4v) is 5.79. The van der Waals surface area contributed by atoms with E-state index in [9.17, 15) is 14.4 Å². The van der Waals surface area contributed by atoms with Crippen LogP contribution in [0.4, 0.5) is 0 Å². The minimum absolute atomic E-state index is 0.00294. The first-order valence-corrected chi connectivity index (χ1v) is 13.4. The summed E-state index contributed by atoms with van der Waals surface area (Å²) in [5.74, 6) is 0.600. The molecular formula is C29H35N5O3. The fourth-order valence-electron chi connectivity index (χ4n) is 5.79. The summed E-state index contributed by atoms with van der Waals surface area (Å²) in [5, 5.41) is 5.24. The van der Waals surface area contributed by atoms with Crippen molar-refractivity contribution in [3.63, 3.8) is 0 Å². The lowest BCUT2D eigenvalue weighted by molar-refractivity contribution is -0.139. The molecule has 1 saturated heterocycles. The van der Waals surface area contributed by atoms with E-state index >= 15 is 0 Å². The van der Waals surface area contributed by atoms with Crippen LogP contribution in [0, 0.1) is 12.3 Å². The maximum atomic E-state index is 13.6. The molecule has 1 aliphatic carbocycles. The van der Waals surface area contributed by atoms with Crippen molar-refractivity contribution in [1.82, 2.24) is 24.6 Å². The number of amides is 1. The number of fused-ring (bicyclic) bond motifs is 2. The van der Waals surface area contributed by atoms with E-state index in [1.165, 1.54) is 6.92 Å². The molecule has 1 aromatic carbocycles. The van der Waals surface area contributed by atoms with Crippen LogP contribution in [0.2, 0.25) is 0 Å². The molecule has 8 heteroatoms. The Hall–Kier alpha value is -3.42. The van der Waals surface area contributed by atoms with E-state index in [-0.39, 0.29) is 41.5 Å². The first kappa shape index (κ1) is 25.2. The quantitative estimate of drug-likeness (QED) is 0.289. The van der Waals surface area contributed by atoms with E-state index in [1.807, 2.05) is 30.0 Å². The topological polar surface area (TPSA) is 98.1 Å². The third kappa shape index (κ3) is 4.81. The second-order valence-corrected chi connectivity index (χ2v) is 11.0. The molecule has 1 amide bonds. The van der Waals surface area contributed by atoms with Gasteiger partial charge in [0.15, 0.2) is 11.6 Å². The predicted molar refractivity (Wildman–Crippen MR) is 141 cm³/mol. The molecule has 2 aromatic heterocycles. The SMILES string of the molecule is CCCCCCC(=O)[C@@H]1C[C@@]2(C)C[C@H]2N1C(=O)Cn1nc(C(C)=O)c2cc(-c3cnc(C)nc3)ccc21. The molecule has 1 aliphatic heterocycles. The highest BCUT2D eigenvalue weighted by Gasteiger charge is 2.64. The van der Waals surface area contributed by atoms with Gasteiger partial charge in [-0.05, 0) is 49.3 Å². The Kier molecular flexibility index (Phi) is 6.68. The Bertz CT molecular complexity index is 1360. The van der Waals surface area contributed by atoms with Crippen LogP contribution in [-0.2, 0) is 16.1 Å². The number of carbonyl (C=O) groups excluding carboxylic acids is 3. The van der Waals surface area contributed by atoms with Crippen molar-refractivity contribution in [2.45, 2.75) is 91.3 Å². The van der Waals surface area contributed by atoms with E-state index in [4.69, 9.17) is 0 Å². The van der Waals surface area contributed by atoms with Crippen molar-refractivity contribution >= 4 is 28.4 Å². The van der Waals surface area contributed by atoms with Gasteiger partial charge >= 0.3 is 0 Å². The number of hydrogen-bond donors (Lipinski definition) is 0. The zero-order valence-corrected chi connectivity index (χ0v) is 22.2. The number of unbranched alkanes of at least 4 members (excludes halogenated alkanes) is 3. The Balaban J connectivity index is 1.40. The van der Waals surface area contributed by atoms with Crippen molar-refractivity contribution in [2.75, 3.05) is 0 Å². The molecule has 2 aliphatic rings. The number of hydrogen-bond acceptors (Lipinski definition) is 6. The van der Waals surface area contributed by atoms with Gasteiger partial charge in [-0.25, -0.2) is 9.97 Å². The molecule has 5 rings (SSSR count). The molecule has 0 radical (unpaired) electrons. The first-order valence-electron chi connectivity index (χ1n) is 13.4. The third-order valence-corrected chi connectivity index (χ3v) is 8.05. The van der Waals surface area contributed by atoms with Crippen LogP contribution in [0.5, 0.6) is 0 Å². The number of benzene rings is 1. The lowest BCUT2D eigenvalue weighted by atomic mass is 9.96. The van der Waals surface area contributed by atoms with Crippen LogP contribution >= 0.6 is 0 Å². The minimum Gasteiger partial charge on any atom is -0.327 e. The van der Waals surface area contributed by atoms with Gasteiger partial charge in [-0.1, -0.05) is 39.2 Å². The lowest BCUT2D eigenvalue weighted by Crippen LogP contribution is -2.44. The fraction of sp³-hybridized carbons (Fsp3) is 0.517. The van der Waals surface area contributed by atoms with Gasteiger partial charge in [0.1, 0.15) is 18.1 Å². The predicted octanol–water partition coefficient (Wildman–Crippen LogP) is 4.92. The van der Waals surface area contributed by atoms with Gasteiger partial charge in [0.2, 0.25) is 5.91 Å². The van der Waals surface area contributed by atoms with Gasteiger partial charge in [-0.15, -0.1) is 0 Å². The number of carbonyl (C=O) groups is 3. The lowest BCUT2D eigenvalue weighted by Gasteiger charge is -2.27. The molecule has 0 N–H and O–H groups in total. The Morgan fingerprint density at radius 1 is 1.05 bits per heavy atom. The molecule has 3 atom stereocenters. The van der Waals surface area contributed by atoms with Crippen molar-refractivity contribution in [1.29, 1.82) is 0 Å². The van der Waals surface area contributed by atoms with E-state index in [0.29, 0.717) is 23.3 Å². The van der Waals surface area contributed by atoms with Crippen molar-refractivity contribution in [3.05, 3.63) is 42.1 Å². The monoisotopic (exact) mass is 501 g/mol. The summed E-state index contributed by atoms with van der Waals surface area (Å²) < 4.78 is 1.62. The number of likely N-dealkylation sites (tertiary alicyclic amines) is 1. The van der Waals surface area contributed by atoms with Gasteiger partial charge in [0, 0.05) is 42.7 Å². The van der Waals surface area contributed by atoms with Crippen molar-refractivity contribution in [2.24, 2.45) is 5.41 Å². The zero-order chi connectivity index (χ0) is 26.3. The summed E-state index contributed by atoms with van der Waals surface area (Å²) in [6.07, 6.45) is 9.92. The van der Waals surface area contributed by atoms with Gasteiger partial charge in [0.05, 0.1) is 11.6 Å². The highest BCUT2D eigenvalue weighted by Crippen LogP contribution is 2.59. The molecule has 2 fully saturated rings. The van der Waals surface area contributed by atoms with Crippen LogP contribution < -0.4 is 0 Å². The molecule has 37 heavy (non-hydrogen) atoms. The molecule has 0 unspecified atom stereocenters. The van der Waals surface area contributed by atoms with Gasteiger partial charge in [0.25, 0.3) is 0 Å². The molecular weight excluding hydrogens is 466 g/mol. The van der Waals surface area contributed by atoms with E-state index in [1.54, 1.807) is 17.1 Å². The van der Waals surface area contributed by atoms with Gasteiger partial charge < -0.3 is 4.90 Å². The second kappa shape index (κ2) is 9.80. The zero-order valence-electron chi connectivity index (χ0n) is 22.2. The molecule has 8 nitrogen and oxygen atoms in total. The summed E-state index contributed by atoms with van der Waals surface area (Å²) >= 11 is 0. The molecule has 194 valence electrons. The third-order valence-electron chi connectivity index (χ3n) is 8.05.